The van der Waals surface area contributed by atoms with E-state index in [2.05, 4.69) is 0 Å². The lowest BCUT2D eigenvalue weighted by atomic mass is 9.89. The normalized spacial score (nSPS) is 17.7. The number of carbonyl (C=O) groups is 2. The van der Waals surface area contributed by atoms with E-state index in [1.54, 1.807) is 17.0 Å². The number of anilines is 2. The Morgan fingerprint density at radius 1 is 0.968 bits per heavy atom. The van der Waals surface area contributed by atoms with E-state index in [1.807, 2.05) is 73.3 Å². The fourth-order valence-corrected chi connectivity index (χ4v) is 4.37. The van der Waals surface area contributed by atoms with Crippen LogP contribution in [0, 0.1) is 5.82 Å². The van der Waals surface area contributed by atoms with Gasteiger partial charge >= 0.3 is 0 Å². The SMILES string of the molecule is CCC(=O)N1c2ccccc2[C@H](N(C(=O)c2ccccc2F)c2ccccc2)C[C@H]1C. The van der Waals surface area contributed by atoms with Crippen LogP contribution in [0.5, 0.6) is 0 Å². The number of para-hydroxylation sites is 2. The number of amides is 2. The van der Waals surface area contributed by atoms with Gasteiger partial charge in [-0.1, -0.05) is 55.5 Å². The third-order valence-electron chi connectivity index (χ3n) is 5.80. The molecule has 0 N–H and O–H groups in total. The van der Waals surface area contributed by atoms with Crippen molar-refractivity contribution in [1.82, 2.24) is 0 Å². The van der Waals surface area contributed by atoms with Crippen molar-refractivity contribution < 1.29 is 14.0 Å². The van der Waals surface area contributed by atoms with Crippen LogP contribution < -0.4 is 9.80 Å². The number of nitrogens with zero attached hydrogens (tertiary/aromatic N) is 2. The maximum Gasteiger partial charge on any atom is 0.261 e. The van der Waals surface area contributed by atoms with Gasteiger partial charge in [-0.3, -0.25) is 9.59 Å². The maximum atomic E-state index is 14.6. The molecule has 0 spiro atoms. The second kappa shape index (κ2) is 8.72. The molecule has 1 aliphatic heterocycles. The number of rotatable bonds is 4. The zero-order valence-electron chi connectivity index (χ0n) is 17.7. The Morgan fingerprint density at radius 2 is 1.61 bits per heavy atom. The molecule has 0 fully saturated rings. The van der Waals surface area contributed by atoms with Crippen LogP contribution in [0.2, 0.25) is 0 Å². The molecule has 2 amide bonds. The van der Waals surface area contributed by atoms with Crippen molar-refractivity contribution in [2.75, 3.05) is 9.80 Å². The fourth-order valence-electron chi connectivity index (χ4n) is 4.37. The summed E-state index contributed by atoms with van der Waals surface area (Å²) in [7, 11) is 0. The number of hydrogen-bond donors (Lipinski definition) is 0. The van der Waals surface area contributed by atoms with E-state index in [1.165, 1.54) is 12.1 Å². The Balaban J connectivity index is 1.87. The molecule has 0 aromatic heterocycles. The minimum absolute atomic E-state index is 0.0311. The first-order chi connectivity index (χ1) is 15.0. The van der Waals surface area contributed by atoms with Crippen molar-refractivity contribution in [2.24, 2.45) is 0 Å². The van der Waals surface area contributed by atoms with Gasteiger partial charge in [-0.05, 0) is 49.2 Å². The summed E-state index contributed by atoms with van der Waals surface area (Å²) < 4.78 is 14.6. The summed E-state index contributed by atoms with van der Waals surface area (Å²) in [5, 5.41) is 0. The van der Waals surface area contributed by atoms with Crippen LogP contribution in [0.1, 0.15) is 48.7 Å². The van der Waals surface area contributed by atoms with E-state index < -0.39 is 11.7 Å². The van der Waals surface area contributed by atoms with Gasteiger partial charge in [0, 0.05) is 23.8 Å². The molecule has 4 rings (SSSR count). The van der Waals surface area contributed by atoms with Crippen molar-refractivity contribution in [3.05, 3.63) is 95.8 Å². The smallest absolute Gasteiger partial charge is 0.261 e. The molecule has 4 nitrogen and oxygen atoms in total. The highest BCUT2D eigenvalue weighted by atomic mass is 19.1. The summed E-state index contributed by atoms with van der Waals surface area (Å²) in [4.78, 5) is 29.8. The van der Waals surface area contributed by atoms with Crippen LogP contribution in [-0.2, 0) is 4.79 Å². The predicted octanol–water partition coefficient (Wildman–Crippen LogP) is 5.75. The minimum atomic E-state index is -0.548. The average Bonchev–Trinajstić information content (AvgIpc) is 2.80. The zero-order valence-corrected chi connectivity index (χ0v) is 17.7. The van der Waals surface area contributed by atoms with Crippen molar-refractivity contribution >= 4 is 23.2 Å². The highest BCUT2D eigenvalue weighted by Gasteiger charge is 2.38. The van der Waals surface area contributed by atoms with Gasteiger partial charge in [-0.25, -0.2) is 4.39 Å². The van der Waals surface area contributed by atoms with E-state index in [4.69, 9.17) is 0 Å². The van der Waals surface area contributed by atoms with Crippen molar-refractivity contribution in [1.29, 1.82) is 0 Å². The van der Waals surface area contributed by atoms with Crippen LogP contribution in [0.15, 0.2) is 78.9 Å². The van der Waals surface area contributed by atoms with E-state index in [-0.39, 0.29) is 23.6 Å². The molecule has 1 heterocycles. The molecular formula is C26H25FN2O2. The van der Waals surface area contributed by atoms with Crippen LogP contribution in [-0.4, -0.2) is 17.9 Å². The molecular weight excluding hydrogens is 391 g/mol. The zero-order chi connectivity index (χ0) is 22.0. The van der Waals surface area contributed by atoms with Gasteiger partial charge < -0.3 is 9.80 Å². The maximum absolute atomic E-state index is 14.6. The summed E-state index contributed by atoms with van der Waals surface area (Å²) in [6.07, 6.45) is 0.956. The first-order valence-corrected chi connectivity index (χ1v) is 10.6. The van der Waals surface area contributed by atoms with Crippen LogP contribution in [0.4, 0.5) is 15.8 Å². The molecule has 0 radical (unpaired) electrons. The van der Waals surface area contributed by atoms with Crippen molar-refractivity contribution in [3.8, 4) is 0 Å². The highest BCUT2D eigenvalue weighted by molar-refractivity contribution is 6.07. The molecule has 1 aliphatic rings. The number of benzene rings is 3. The van der Waals surface area contributed by atoms with E-state index >= 15 is 0 Å². The van der Waals surface area contributed by atoms with Gasteiger partial charge in [0.05, 0.1) is 11.6 Å². The molecule has 31 heavy (non-hydrogen) atoms. The highest BCUT2D eigenvalue weighted by Crippen LogP contribution is 2.43. The first kappa shape index (κ1) is 20.8. The quantitative estimate of drug-likeness (QED) is 0.543. The van der Waals surface area contributed by atoms with Gasteiger partial charge in [0.1, 0.15) is 5.82 Å². The number of fused-ring (bicyclic) bond motifs is 1. The van der Waals surface area contributed by atoms with Crippen LogP contribution >= 0.6 is 0 Å². The van der Waals surface area contributed by atoms with Gasteiger partial charge in [-0.15, -0.1) is 0 Å². The lowest BCUT2D eigenvalue weighted by Gasteiger charge is -2.43. The summed E-state index contributed by atoms with van der Waals surface area (Å²) in [6.45, 7) is 3.84. The minimum Gasteiger partial charge on any atom is -0.309 e. The second-order valence-corrected chi connectivity index (χ2v) is 7.77. The van der Waals surface area contributed by atoms with Gasteiger partial charge in [0.25, 0.3) is 5.91 Å². The van der Waals surface area contributed by atoms with Gasteiger partial charge in [-0.2, -0.15) is 0 Å². The van der Waals surface area contributed by atoms with Crippen molar-refractivity contribution in [3.63, 3.8) is 0 Å². The Bertz CT molecular complexity index is 1100. The monoisotopic (exact) mass is 416 g/mol. The summed E-state index contributed by atoms with van der Waals surface area (Å²) >= 11 is 0. The topological polar surface area (TPSA) is 40.6 Å². The molecule has 5 heteroatoms. The predicted molar refractivity (Wildman–Crippen MR) is 121 cm³/mol. The molecule has 0 unspecified atom stereocenters. The lowest BCUT2D eigenvalue weighted by molar-refractivity contribution is -0.118. The van der Waals surface area contributed by atoms with Gasteiger partial charge in [0.2, 0.25) is 5.91 Å². The molecule has 2 atom stereocenters. The Kier molecular flexibility index (Phi) is 5.85. The molecule has 0 saturated heterocycles. The van der Waals surface area contributed by atoms with Crippen molar-refractivity contribution in [2.45, 2.75) is 38.8 Å². The average molecular weight is 416 g/mol. The molecule has 3 aromatic rings. The lowest BCUT2D eigenvalue weighted by Crippen LogP contribution is -2.47. The summed E-state index contributed by atoms with van der Waals surface area (Å²) in [5.74, 6) is -0.898. The summed E-state index contributed by atoms with van der Waals surface area (Å²) in [6, 6.07) is 22.6. The molecule has 0 saturated carbocycles. The molecule has 3 aromatic carbocycles. The van der Waals surface area contributed by atoms with Crippen LogP contribution in [0.3, 0.4) is 0 Å². The third-order valence-corrected chi connectivity index (χ3v) is 5.80. The van der Waals surface area contributed by atoms with Gasteiger partial charge in [0.15, 0.2) is 0 Å². The number of carbonyl (C=O) groups excluding carboxylic acids is 2. The largest absolute Gasteiger partial charge is 0.309 e. The number of halogens is 1. The standard InChI is InChI=1S/C26H25FN2O2/c1-3-25(30)28-18(2)17-24(21-14-8-10-16-23(21)28)29(19-11-5-4-6-12-19)26(31)20-13-7-9-15-22(20)27/h4-16,18,24H,3,17H2,1-2H3/t18-,24-/m1/s1. The Hall–Kier alpha value is -3.47. The van der Waals surface area contributed by atoms with E-state index in [0.29, 0.717) is 18.5 Å². The van der Waals surface area contributed by atoms with E-state index in [9.17, 15) is 14.0 Å². The van der Waals surface area contributed by atoms with E-state index in [0.717, 1.165) is 11.3 Å². The summed E-state index contributed by atoms with van der Waals surface area (Å²) in [5.41, 5.74) is 2.41. The molecule has 0 bridgehead atoms. The first-order valence-electron chi connectivity index (χ1n) is 10.6. The Labute approximate surface area is 181 Å². The molecule has 158 valence electrons. The second-order valence-electron chi connectivity index (χ2n) is 7.77. The van der Waals surface area contributed by atoms with Crippen LogP contribution in [0.25, 0.3) is 0 Å². The fraction of sp³-hybridized carbons (Fsp3) is 0.231. The number of hydrogen-bond acceptors (Lipinski definition) is 2. The Morgan fingerprint density at radius 3 is 2.32 bits per heavy atom. The molecule has 0 aliphatic carbocycles. The third kappa shape index (κ3) is 3.83.